The van der Waals surface area contributed by atoms with Crippen molar-refractivity contribution in [3.8, 4) is 0 Å². The molecule has 1 amide bonds. The molecule has 0 saturated carbocycles. The number of aliphatic hydroxyl groups excluding tert-OH is 1. The fraction of sp³-hybridized carbons (Fsp3) is 0.429. The number of hydrogen-bond acceptors (Lipinski definition) is 4. The summed E-state index contributed by atoms with van der Waals surface area (Å²) in [5.41, 5.74) is 1.72. The van der Waals surface area contributed by atoms with E-state index in [1.807, 2.05) is 35.8 Å². The highest BCUT2D eigenvalue weighted by molar-refractivity contribution is 5.83. The maximum atomic E-state index is 11.8. The number of para-hydroxylation sites is 2. The Morgan fingerprint density at radius 2 is 2.20 bits per heavy atom. The molecule has 108 valence electrons. The minimum atomic E-state index is -0.479. The van der Waals surface area contributed by atoms with Crippen LogP contribution in [0.15, 0.2) is 24.3 Å². The van der Waals surface area contributed by atoms with Gasteiger partial charge in [-0.1, -0.05) is 12.1 Å². The topological polar surface area (TPSA) is 79.2 Å². The van der Waals surface area contributed by atoms with E-state index < -0.39 is 6.10 Å². The number of amides is 1. The van der Waals surface area contributed by atoms with Crippen molar-refractivity contribution < 1.29 is 9.90 Å². The molecule has 0 bridgehead atoms. The number of aliphatic hydroxyl groups is 1. The fourth-order valence-corrected chi connectivity index (χ4v) is 2.01. The fourth-order valence-electron chi connectivity index (χ4n) is 2.01. The highest BCUT2D eigenvalue weighted by Gasteiger charge is 2.13. The molecule has 0 radical (unpaired) electrons. The average molecular weight is 276 g/mol. The summed E-state index contributed by atoms with van der Waals surface area (Å²) in [4.78, 5) is 16.3. The number of anilines is 1. The maximum absolute atomic E-state index is 11.8. The lowest BCUT2D eigenvalue weighted by Gasteiger charge is -2.11. The van der Waals surface area contributed by atoms with Crippen LogP contribution in [0.2, 0.25) is 0 Å². The molecule has 1 aromatic heterocycles. The van der Waals surface area contributed by atoms with Gasteiger partial charge in [0.15, 0.2) is 0 Å². The number of hydrogen-bond donors (Lipinski definition) is 3. The summed E-state index contributed by atoms with van der Waals surface area (Å²) in [5.74, 6) is 0.536. The number of likely N-dealkylation sites (N-methyl/N-ethyl adjacent to an activating group) is 1. The van der Waals surface area contributed by atoms with Gasteiger partial charge in [-0.3, -0.25) is 4.79 Å². The number of benzene rings is 1. The molecule has 0 aliphatic carbocycles. The number of fused-ring (bicyclic) bond motifs is 1. The molecule has 0 saturated heterocycles. The van der Waals surface area contributed by atoms with Crippen LogP contribution in [0.5, 0.6) is 0 Å². The zero-order valence-electron chi connectivity index (χ0n) is 11.8. The summed E-state index contributed by atoms with van der Waals surface area (Å²) in [5, 5.41) is 15.2. The van der Waals surface area contributed by atoms with Crippen molar-refractivity contribution in [3.63, 3.8) is 0 Å². The molecule has 0 aliphatic rings. The van der Waals surface area contributed by atoms with E-state index in [2.05, 4.69) is 15.6 Å². The van der Waals surface area contributed by atoms with E-state index in [0.29, 0.717) is 19.0 Å². The van der Waals surface area contributed by atoms with Gasteiger partial charge >= 0.3 is 0 Å². The van der Waals surface area contributed by atoms with E-state index in [9.17, 15) is 9.90 Å². The number of aromatic nitrogens is 2. The number of nitrogens with zero attached hydrogens (tertiary/aromatic N) is 2. The van der Waals surface area contributed by atoms with Gasteiger partial charge in [-0.05, 0) is 26.0 Å². The molecular weight excluding hydrogens is 256 g/mol. The van der Waals surface area contributed by atoms with Crippen molar-refractivity contribution >= 4 is 22.9 Å². The monoisotopic (exact) mass is 276 g/mol. The second kappa shape index (κ2) is 6.38. The third-order valence-corrected chi connectivity index (χ3v) is 2.89. The molecule has 6 heteroatoms. The summed E-state index contributed by atoms with van der Waals surface area (Å²) in [6, 6.07) is 7.65. The predicted octanol–water partition coefficient (Wildman–Crippen LogP) is 0.965. The van der Waals surface area contributed by atoms with Crippen LogP contribution in [-0.4, -0.2) is 39.8 Å². The SMILES string of the molecule is CCNC(=O)Cn1c(NCC(C)O)nc2ccccc21. The highest BCUT2D eigenvalue weighted by Crippen LogP contribution is 2.19. The first-order valence-electron chi connectivity index (χ1n) is 6.75. The van der Waals surface area contributed by atoms with Crippen LogP contribution < -0.4 is 10.6 Å². The molecule has 2 rings (SSSR count). The Balaban J connectivity index is 2.31. The largest absolute Gasteiger partial charge is 0.392 e. The lowest BCUT2D eigenvalue weighted by atomic mass is 10.3. The molecule has 1 atom stereocenters. The van der Waals surface area contributed by atoms with E-state index >= 15 is 0 Å². The Hall–Kier alpha value is -2.08. The van der Waals surface area contributed by atoms with E-state index in [1.54, 1.807) is 6.92 Å². The number of imidazole rings is 1. The van der Waals surface area contributed by atoms with Gasteiger partial charge in [-0.25, -0.2) is 4.98 Å². The average Bonchev–Trinajstić information content (AvgIpc) is 2.75. The Bertz CT molecular complexity index is 592. The molecule has 0 aliphatic heterocycles. The second-order valence-corrected chi connectivity index (χ2v) is 4.69. The first kappa shape index (κ1) is 14.3. The van der Waals surface area contributed by atoms with Crippen LogP contribution in [0.25, 0.3) is 11.0 Å². The highest BCUT2D eigenvalue weighted by atomic mass is 16.3. The Morgan fingerprint density at radius 1 is 1.45 bits per heavy atom. The molecule has 1 aromatic carbocycles. The summed E-state index contributed by atoms with van der Waals surface area (Å²) in [6.07, 6.45) is -0.479. The molecule has 0 fully saturated rings. The number of nitrogens with one attached hydrogen (secondary N) is 2. The molecule has 2 aromatic rings. The van der Waals surface area contributed by atoms with Crippen LogP contribution in [-0.2, 0) is 11.3 Å². The van der Waals surface area contributed by atoms with Gasteiger partial charge in [0.05, 0.1) is 17.1 Å². The van der Waals surface area contributed by atoms with Gasteiger partial charge in [0, 0.05) is 13.1 Å². The second-order valence-electron chi connectivity index (χ2n) is 4.69. The van der Waals surface area contributed by atoms with Gasteiger partial charge in [0.25, 0.3) is 0 Å². The van der Waals surface area contributed by atoms with Crippen LogP contribution >= 0.6 is 0 Å². The first-order valence-corrected chi connectivity index (χ1v) is 6.75. The van der Waals surface area contributed by atoms with Crippen LogP contribution in [0.1, 0.15) is 13.8 Å². The molecule has 1 unspecified atom stereocenters. The number of rotatable bonds is 6. The normalized spacial score (nSPS) is 12.3. The quantitative estimate of drug-likeness (QED) is 0.734. The van der Waals surface area contributed by atoms with Crippen molar-refractivity contribution in [1.82, 2.24) is 14.9 Å². The summed E-state index contributed by atoms with van der Waals surface area (Å²) in [7, 11) is 0. The van der Waals surface area contributed by atoms with Crippen molar-refractivity contribution in [2.75, 3.05) is 18.4 Å². The lowest BCUT2D eigenvalue weighted by Crippen LogP contribution is -2.28. The molecule has 0 spiro atoms. The lowest BCUT2D eigenvalue weighted by molar-refractivity contribution is -0.121. The van der Waals surface area contributed by atoms with Crippen LogP contribution in [0.3, 0.4) is 0 Å². The third-order valence-electron chi connectivity index (χ3n) is 2.89. The maximum Gasteiger partial charge on any atom is 0.240 e. The van der Waals surface area contributed by atoms with Gasteiger partial charge in [-0.15, -0.1) is 0 Å². The molecule has 3 N–H and O–H groups in total. The van der Waals surface area contributed by atoms with Crippen molar-refractivity contribution in [2.45, 2.75) is 26.5 Å². The zero-order valence-corrected chi connectivity index (χ0v) is 11.8. The number of carbonyl (C=O) groups is 1. The Morgan fingerprint density at radius 3 is 2.90 bits per heavy atom. The summed E-state index contributed by atoms with van der Waals surface area (Å²) in [6.45, 7) is 4.78. The first-order chi connectivity index (χ1) is 9.61. The third kappa shape index (κ3) is 3.27. The number of carbonyl (C=O) groups excluding carboxylic acids is 1. The van der Waals surface area contributed by atoms with Gasteiger partial charge in [-0.2, -0.15) is 0 Å². The van der Waals surface area contributed by atoms with E-state index in [4.69, 9.17) is 0 Å². The van der Waals surface area contributed by atoms with Crippen LogP contribution in [0, 0.1) is 0 Å². The minimum Gasteiger partial charge on any atom is -0.392 e. The zero-order chi connectivity index (χ0) is 14.5. The van der Waals surface area contributed by atoms with Crippen molar-refractivity contribution in [2.24, 2.45) is 0 Å². The molecule has 1 heterocycles. The van der Waals surface area contributed by atoms with E-state index in [1.165, 1.54) is 0 Å². The van der Waals surface area contributed by atoms with E-state index in [-0.39, 0.29) is 12.5 Å². The van der Waals surface area contributed by atoms with Gasteiger partial charge in [0.2, 0.25) is 11.9 Å². The summed E-state index contributed by atoms with van der Waals surface area (Å²) < 4.78 is 1.82. The predicted molar refractivity (Wildman–Crippen MR) is 78.6 cm³/mol. The Labute approximate surface area is 117 Å². The smallest absolute Gasteiger partial charge is 0.240 e. The molecular formula is C14H20N4O2. The van der Waals surface area contributed by atoms with Crippen molar-refractivity contribution in [1.29, 1.82) is 0 Å². The van der Waals surface area contributed by atoms with Gasteiger partial charge < -0.3 is 20.3 Å². The minimum absolute atomic E-state index is 0.0595. The van der Waals surface area contributed by atoms with E-state index in [0.717, 1.165) is 11.0 Å². The van der Waals surface area contributed by atoms with Crippen molar-refractivity contribution in [3.05, 3.63) is 24.3 Å². The van der Waals surface area contributed by atoms with Crippen LogP contribution in [0.4, 0.5) is 5.95 Å². The standard InChI is InChI=1S/C14H20N4O2/c1-3-15-13(20)9-18-12-7-5-4-6-11(12)17-14(18)16-8-10(2)19/h4-7,10,19H,3,8-9H2,1-2H3,(H,15,20)(H,16,17). The molecule has 6 nitrogen and oxygen atoms in total. The van der Waals surface area contributed by atoms with Gasteiger partial charge in [0.1, 0.15) is 6.54 Å². The summed E-state index contributed by atoms with van der Waals surface area (Å²) >= 11 is 0. The Kier molecular flexibility index (Phi) is 4.57. The molecule has 20 heavy (non-hydrogen) atoms.